The summed E-state index contributed by atoms with van der Waals surface area (Å²) < 4.78 is 3.25. The second kappa shape index (κ2) is 5.35. The lowest BCUT2D eigenvalue weighted by molar-refractivity contribution is -0.121. The van der Waals surface area contributed by atoms with Gasteiger partial charge < -0.3 is 11.1 Å². The second-order valence-electron chi connectivity index (χ2n) is 4.09. The van der Waals surface area contributed by atoms with E-state index in [1.807, 2.05) is 13.2 Å². The van der Waals surface area contributed by atoms with Crippen LogP contribution in [0.4, 0.5) is 5.69 Å². The number of carbonyl (C=O) groups is 1. The number of aromatic nitrogens is 4. The number of aryl methyl sites for hydroxylation is 1. The number of nitrogens with zero attached hydrogens (tertiary/aromatic N) is 4. The van der Waals surface area contributed by atoms with Crippen molar-refractivity contribution >= 4 is 11.6 Å². The van der Waals surface area contributed by atoms with E-state index in [1.165, 1.54) is 10.9 Å². The molecule has 7 nitrogen and oxygen atoms in total. The van der Waals surface area contributed by atoms with Crippen LogP contribution in [-0.2, 0) is 24.8 Å². The Morgan fingerprint density at radius 3 is 2.83 bits per heavy atom. The Morgan fingerprint density at radius 2 is 2.22 bits per heavy atom. The van der Waals surface area contributed by atoms with Gasteiger partial charge in [0.05, 0.1) is 18.1 Å². The van der Waals surface area contributed by atoms with Gasteiger partial charge in [-0.3, -0.25) is 14.2 Å². The van der Waals surface area contributed by atoms with Gasteiger partial charge in [-0.1, -0.05) is 0 Å². The second-order valence-corrected chi connectivity index (χ2v) is 4.09. The van der Waals surface area contributed by atoms with Crippen LogP contribution in [-0.4, -0.2) is 32.0 Å². The fourth-order valence-corrected chi connectivity index (χ4v) is 1.62. The third-order valence-corrected chi connectivity index (χ3v) is 2.45. The van der Waals surface area contributed by atoms with Gasteiger partial charge in [-0.15, -0.1) is 0 Å². The van der Waals surface area contributed by atoms with Gasteiger partial charge in [-0.05, 0) is 12.0 Å². The fraction of sp³-hybridized carbons (Fsp3) is 0.364. The zero-order valence-electron chi connectivity index (χ0n) is 10.2. The maximum Gasteiger partial charge on any atom is 0.241 e. The lowest BCUT2D eigenvalue weighted by Gasteiger charge is -2.04. The molecule has 0 aliphatic carbocycles. The summed E-state index contributed by atoms with van der Waals surface area (Å²) >= 11 is 0. The summed E-state index contributed by atoms with van der Waals surface area (Å²) in [4.78, 5) is 11.6. The van der Waals surface area contributed by atoms with E-state index >= 15 is 0 Å². The Morgan fingerprint density at radius 1 is 1.39 bits per heavy atom. The topological polar surface area (TPSA) is 90.8 Å². The van der Waals surface area contributed by atoms with Crippen molar-refractivity contribution in [3.63, 3.8) is 0 Å². The minimum absolute atomic E-state index is 0.0815. The van der Waals surface area contributed by atoms with Crippen LogP contribution in [0.15, 0.2) is 24.8 Å². The van der Waals surface area contributed by atoms with Crippen molar-refractivity contribution in [1.29, 1.82) is 0 Å². The molecule has 0 unspecified atom stereocenters. The standard InChI is InChI=1S/C11H16N6O/c1-16-6-9(4-14-16)2-3-13-11(18)8-17-7-10(12)5-15-17/h4-7H,2-3,8,12H2,1H3,(H,13,18). The number of hydrogen-bond acceptors (Lipinski definition) is 4. The van der Waals surface area contributed by atoms with Crippen molar-refractivity contribution in [2.24, 2.45) is 7.05 Å². The summed E-state index contributed by atoms with van der Waals surface area (Å²) in [5.41, 5.74) is 7.16. The zero-order chi connectivity index (χ0) is 13.0. The molecule has 0 radical (unpaired) electrons. The van der Waals surface area contributed by atoms with Crippen LogP contribution in [0.3, 0.4) is 0 Å². The first-order valence-corrected chi connectivity index (χ1v) is 5.65. The van der Waals surface area contributed by atoms with E-state index in [0.29, 0.717) is 12.2 Å². The smallest absolute Gasteiger partial charge is 0.241 e. The van der Waals surface area contributed by atoms with Crippen molar-refractivity contribution in [3.05, 3.63) is 30.4 Å². The van der Waals surface area contributed by atoms with E-state index in [9.17, 15) is 4.79 Å². The molecule has 2 aromatic rings. The zero-order valence-corrected chi connectivity index (χ0v) is 10.2. The van der Waals surface area contributed by atoms with E-state index in [4.69, 9.17) is 5.73 Å². The van der Waals surface area contributed by atoms with Crippen molar-refractivity contribution in [1.82, 2.24) is 24.9 Å². The number of carbonyl (C=O) groups excluding carboxylic acids is 1. The Balaban J connectivity index is 1.72. The Kier molecular flexibility index (Phi) is 3.61. The first kappa shape index (κ1) is 12.2. The molecule has 2 heterocycles. The highest BCUT2D eigenvalue weighted by molar-refractivity contribution is 5.75. The molecule has 7 heteroatoms. The Bertz CT molecular complexity index is 529. The number of amides is 1. The molecule has 96 valence electrons. The molecular weight excluding hydrogens is 232 g/mol. The quantitative estimate of drug-likeness (QED) is 0.750. The molecule has 0 saturated heterocycles. The van der Waals surface area contributed by atoms with E-state index < -0.39 is 0 Å². The molecule has 2 aromatic heterocycles. The summed E-state index contributed by atoms with van der Waals surface area (Å²) in [7, 11) is 1.87. The van der Waals surface area contributed by atoms with Crippen LogP contribution in [0, 0.1) is 0 Å². The molecule has 0 spiro atoms. The average molecular weight is 248 g/mol. The Hall–Kier alpha value is -2.31. The van der Waals surface area contributed by atoms with Gasteiger partial charge in [0.25, 0.3) is 0 Å². The molecule has 0 saturated carbocycles. The van der Waals surface area contributed by atoms with Crippen LogP contribution < -0.4 is 11.1 Å². The van der Waals surface area contributed by atoms with Crippen molar-refractivity contribution in [2.75, 3.05) is 12.3 Å². The predicted octanol–water partition coefficient (Wildman–Crippen LogP) is -0.442. The molecule has 0 atom stereocenters. The minimum atomic E-state index is -0.0815. The predicted molar refractivity (Wildman–Crippen MR) is 66.6 cm³/mol. The number of hydrogen-bond donors (Lipinski definition) is 2. The summed E-state index contributed by atoms with van der Waals surface area (Å²) in [6.45, 7) is 0.769. The maximum atomic E-state index is 11.6. The summed E-state index contributed by atoms with van der Waals surface area (Å²) in [5.74, 6) is -0.0815. The summed E-state index contributed by atoms with van der Waals surface area (Å²) in [5, 5.41) is 10.8. The van der Waals surface area contributed by atoms with E-state index in [1.54, 1.807) is 17.1 Å². The van der Waals surface area contributed by atoms with Crippen LogP contribution in [0.1, 0.15) is 5.56 Å². The van der Waals surface area contributed by atoms with Crippen molar-refractivity contribution < 1.29 is 4.79 Å². The first-order valence-electron chi connectivity index (χ1n) is 5.65. The molecule has 0 aromatic carbocycles. The molecule has 1 amide bonds. The highest BCUT2D eigenvalue weighted by Gasteiger charge is 2.03. The van der Waals surface area contributed by atoms with Gasteiger partial charge in [0.15, 0.2) is 0 Å². The summed E-state index contributed by atoms with van der Waals surface area (Å²) in [6.07, 6.45) is 7.63. The van der Waals surface area contributed by atoms with Gasteiger partial charge in [0.2, 0.25) is 5.91 Å². The van der Waals surface area contributed by atoms with Gasteiger partial charge >= 0.3 is 0 Å². The van der Waals surface area contributed by atoms with Crippen LogP contribution >= 0.6 is 0 Å². The number of nitrogens with two attached hydrogens (primary N) is 1. The van der Waals surface area contributed by atoms with Gasteiger partial charge in [-0.25, -0.2) is 0 Å². The minimum Gasteiger partial charge on any atom is -0.396 e. The molecule has 3 N–H and O–H groups in total. The number of nitrogens with one attached hydrogen (secondary N) is 1. The van der Waals surface area contributed by atoms with Crippen molar-refractivity contribution in [2.45, 2.75) is 13.0 Å². The normalized spacial score (nSPS) is 10.5. The number of rotatable bonds is 5. The highest BCUT2D eigenvalue weighted by Crippen LogP contribution is 1.98. The molecule has 0 bridgehead atoms. The molecule has 0 aliphatic rings. The average Bonchev–Trinajstić information content (AvgIpc) is 2.88. The van der Waals surface area contributed by atoms with Crippen LogP contribution in [0.2, 0.25) is 0 Å². The number of anilines is 1. The third-order valence-electron chi connectivity index (χ3n) is 2.45. The third kappa shape index (κ3) is 3.34. The largest absolute Gasteiger partial charge is 0.396 e. The fourth-order valence-electron chi connectivity index (χ4n) is 1.62. The van der Waals surface area contributed by atoms with Crippen LogP contribution in [0.5, 0.6) is 0 Å². The lowest BCUT2D eigenvalue weighted by atomic mass is 10.2. The van der Waals surface area contributed by atoms with E-state index in [2.05, 4.69) is 15.5 Å². The van der Waals surface area contributed by atoms with Crippen molar-refractivity contribution in [3.8, 4) is 0 Å². The van der Waals surface area contributed by atoms with Gasteiger partial charge in [0, 0.05) is 26.0 Å². The van der Waals surface area contributed by atoms with Gasteiger partial charge in [-0.2, -0.15) is 10.2 Å². The number of nitrogen functional groups attached to an aromatic ring is 1. The summed E-state index contributed by atoms with van der Waals surface area (Å²) in [6, 6.07) is 0. The molecule has 18 heavy (non-hydrogen) atoms. The van der Waals surface area contributed by atoms with Gasteiger partial charge in [0.1, 0.15) is 6.54 Å². The highest BCUT2D eigenvalue weighted by atomic mass is 16.2. The monoisotopic (exact) mass is 248 g/mol. The lowest BCUT2D eigenvalue weighted by Crippen LogP contribution is -2.29. The molecule has 0 aliphatic heterocycles. The SMILES string of the molecule is Cn1cc(CCNC(=O)Cn2cc(N)cn2)cn1. The molecule has 0 fully saturated rings. The maximum absolute atomic E-state index is 11.6. The molecule has 2 rings (SSSR count). The Labute approximate surface area is 105 Å². The first-order chi connectivity index (χ1) is 8.63. The molecular formula is C11H16N6O. The van der Waals surface area contributed by atoms with E-state index in [-0.39, 0.29) is 12.5 Å². The van der Waals surface area contributed by atoms with E-state index in [0.717, 1.165) is 12.0 Å². The van der Waals surface area contributed by atoms with Crippen LogP contribution in [0.25, 0.3) is 0 Å².